The number of halogens is 1. The lowest BCUT2D eigenvalue weighted by Gasteiger charge is -2.36. The Kier molecular flexibility index (Phi) is 10.0. The number of carbonyl (C=O) groups is 2. The molecular weight excluding hydrogens is 625 g/mol. The number of allylic oxidation sites excluding steroid dienone is 1. The van der Waals surface area contributed by atoms with E-state index < -0.39 is 17.1 Å². The third-order valence-electron chi connectivity index (χ3n) is 9.11. The fourth-order valence-electron chi connectivity index (χ4n) is 5.91. The maximum Gasteiger partial charge on any atom is 0.240 e. The standard InChI is InChI=1S/C38H42FN5O5/c1-25(2)44-19-17-43(18-20-44)16-5-21-48-35-24-31-29(23-34(35)47-4)32(12-15-40-31)49-33-11-10-28(22-30(33)39)42-37(46)38(13-14-38)36(45)41-27-8-6-26(3)7-9-27/h6-12,15,22-24H,1,5,13-14,16-21H2,2-4H3,(H,41,45)(H,42,46). The van der Waals surface area contributed by atoms with Crippen LogP contribution in [0.1, 0.15) is 31.7 Å². The molecule has 4 aromatic rings. The lowest BCUT2D eigenvalue weighted by atomic mass is 10.0. The normalized spacial score (nSPS) is 15.4. The molecule has 10 nitrogen and oxygen atoms in total. The van der Waals surface area contributed by atoms with Crippen LogP contribution in [-0.2, 0) is 9.59 Å². The molecule has 0 unspecified atom stereocenters. The maximum atomic E-state index is 15.3. The highest BCUT2D eigenvalue weighted by atomic mass is 19.1. The van der Waals surface area contributed by atoms with Crippen LogP contribution in [0.5, 0.6) is 23.0 Å². The van der Waals surface area contributed by atoms with Gasteiger partial charge in [-0.1, -0.05) is 24.3 Å². The molecule has 0 radical (unpaired) electrons. The summed E-state index contributed by atoms with van der Waals surface area (Å²) in [5.41, 5.74) is 2.43. The summed E-state index contributed by atoms with van der Waals surface area (Å²) in [6, 6.07) is 16.7. The minimum atomic E-state index is -1.19. The Morgan fingerprint density at radius 1 is 0.898 bits per heavy atom. The van der Waals surface area contributed by atoms with Crippen molar-refractivity contribution in [2.45, 2.75) is 33.1 Å². The van der Waals surface area contributed by atoms with Crippen LogP contribution >= 0.6 is 0 Å². The zero-order valence-corrected chi connectivity index (χ0v) is 28.2. The summed E-state index contributed by atoms with van der Waals surface area (Å²) in [6.07, 6.45) is 3.28. The summed E-state index contributed by atoms with van der Waals surface area (Å²) < 4.78 is 33.1. The summed E-state index contributed by atoms with van der Waals surface area (Å²) in [6.45, 7) is 13.5. The van der Waals surface area contributed by atoms with E-state index in [1.54, 1.807) is 49.7 Å². The predicted molar refractivity (Wildman–Crippen MR) is 188 cm³/mol. The summed E-state index contributed by atoms with van der Waals surface area (Å²) in [5.74, 6) is -0.104. The van der Waals surface area contributed by atoms with Crippen molar-refractivity contribution in [3.05, 3.63) is 90.5 Å². The molecule has 49 heavy (non-hydrogen) atoms. The number of nitrogens with one attached hydrogen (secondary N) is 2. The van der Waals surface area contributed by atoms with Crippen molar-refractivity contribution >= 4 is 34.1 Å². The fourth-order valence-corrected chi connectivity index (χ4v) is 5.91. The first-order chi connectivity index (χ1) is 23.6. The van der Waals surface area contributed by atoms with Gasteiger partial charge in [0, 0.05) is 73.5 Å². The van der Waals surface area contributed by atoms with Gasteiger partial charge in [-0.3, -0.25) is 19.5 Å². The average molecular weight is 668 g/mol. The Labute approximate surface area is 285 Å². The quantitative estimate of drug-likeness (QED) is 0.119. The molecule has 3 aromatic carbocycles. The van der Waals surface area contributed by atoms with Crippen molar-refractivity contribution in [3.8, 4) is 23.0 Å². The predicted octanol–water partition coefficient (Wildman–Crippen LogP) is 6.76. The van der Waals surface area contributed by atoms with Gasteiger partial charge in [0.15, 0.2) is 23.1 Å². The van der Waals surface area contributed by atoms with Crippen LogP contribution in [0.25, 0.3) is 10.9 Å². The first kappa shape index (κ1) is 33.7. The molecule has 0 bridgehead atoms. The second-order valence-electron chi connectivity index (χ2n) is 12.7. The number of aromatic nitrogens is 1. The monoisotopic (exact) mass is 667 g/mol. The number of ether oxygens (including phenoxy) is 3. The molecule has 0 atom stereocenters. The molecule has 2 heterocycles. The number of pyridine rings is 1. The molecule has 1 aromatic heterocycles. The van der Waals surface area contributed by atoms with E-state index in [9.17, 15) is 9.59 Å². The topological polar surface area (TPSA) is 105 Å². The Morgan fingerprint density at radius 2 is 1.59 bits per heavy atom. The Balaban J connectivity index is 1.07. The summed E-state index contributed by atoms with van der Waals surface area (Å²) in [7, 11) is 1.57. The Morgan fingerprint density at radius 3 is 2.24 bits per heavy atom. The van der Waals surface area contributed by atoms with Gasteiger partial charge in [0.25, 0.3) is 0 Å². The molecule has 1 aliphatic carbocycles. The fraction of sp³-hybridized carbons (Fsp3) is 0.342. The van der Waals surface area contributed by atoms with Crippen molar-refractivity contribution in [2.24, 2.45) is 5.41 Å². The van der Waals surface area contributed by atoms with E-state index >= 15 is 4.39 Å². The first-order valence-electron chi connectivity index (χ1n) is 16.5. The van der Waals surface area contributed by atoms with E-state index in [0.717, 1.165) is 50.4 Å². The van der Waals surface area contributed by atoms with Crippen LogP contribution in [-0.4, -0.2) is 73.0 Å². The number of hydrogen-bond donors (Lipinski definition) is 2. The van der Waals surface area contributed by atoms with E-state index in [0.29, 0.717) is 53.3 Å². The van der Waals surface area contributed by atoms with Gasteiger partial charge in [0.05, 0.1) is 19.2 Å². The van der Waals surface area contributed by atoms with Gasteiger partial charge in [0.1, 0.15) is 11.2 Å². The number of nitrogens with zero attached hydrogens (tertiary/aromatic N) is 3. The van der Waals surface area contributed by atoms with E-state index in [-0.39, 0.29) is 17.3 Å². The summed E-state index contributed by atoms with van der Waals surface area (Å²) >= 11 is 0. The number of carbonyl (C=O) groups excluding carboxylic acids is 2. The largest absolute Gasteiger partial charge is 0.493 e. The van der Waals surface area contributed by atoms with Crippen molar-refractivity contribution in [1.29, 1.82) is 0 Å². The molecule has 2 fully saturated rings. The number of rotatable bonds is 13. The Hall–Kier alpha value is -5.16. The van der Waals surface area contributed by atoms with E-state index in [1.807, 2.05) is 26.0 Å². The highest BCUT2D eigenvalue weighted by Crippen LogP contribution is 2.47. The molecule has 2 aliphatic rings. The van der Waals surface area contributed by atoms with E-state index in [1.165, 1.54) is 12.1 Å². The lowest BCUT2D eigenvalue weighted by Crippen LogP contribution is -2.45. The zero-order chi connectivity index (χ0) is 34.5. The van der Waals surface area contributed by atoms with Crippen LogP contribution in [0.15, 0.2) is 79.1 Å². The number of benzene rings is 3. The molecule has 1 saturated heterocycles. The van der Waals surface area contributed by atoms with Gasteiger partial charge in [-0.25, -0.2) is 4.39 Å². The highest BCUT2D eigenvalue weighted by Gasteiger charge is 2.56. The van der Waals surface area contributed by atoms with Crippen molar-refractivity contribution < 1.29 is 28.2 Å². The van der Waals surface area contributed by atoms with Gasteiger partial charge >= 0.3 is 0 Å². The summed E-state index contributed by atoms with van der Waals surface area (Å²) in [5, 5.41) is 6.15. The van der Waals surface area contributed by atoms with Gasteiger partial charge < -0.3 is 29.7 Å². The molecule has 2 amide bonds. The zero-order valence-electron chi connectivity index (χ0n) is 28.2. The highest BCUT2D eigenvalue weighted by molar-refractivity contribution is 6.16. The Bertz CT molecular complexity index is 1850. The van der Waals surface area contributed by atoms with Gasteiger partial charge in [-0.05, 0) is 69.5 Å². The van der Waals surface area contributed by atoms with Crippen molar-refractivity contribution in [1.82, 2.24) is 14.8 Å². The second-order valence-corrected chi connectivity index (χ2v) is 12.7. The average Bonchev–Trinajstić information content (AvgIpc) is 3.91. The molecule has 6 rings (SSSR count). The summed E-state index contributed by atoms with van der Waals surface area (Å²) in [4.78, 5) is 35.3. The molecule has 1 saturated carbocycles. The minimum Gasteiger partial charge on any atom is -0.493 e. The van der Waals surface area contributed by atoms with Crippen LogP contribution in [0.3, 0.4) is 0 Å². The molecule has 11 heteroatoms. The molecular formula is C38H42FN5O5. The minimum absolute atomic E-state index is 0.0351. The van der Waals surface area contributed by atoms with Crippen LogP contribution in [0.4, 0.5) is 15.8 Å². The number of hydrogen-bond acceptors (Lipinski definition) is 8. The van der Waals surface area contributed by atoms with Crippen LogP contribution < -0.4 is 24.8 Å². The van der Waals surface area contributed by atoms with Gasteiger partial charge in [0.2, 0.25) is 11.8 Å². The molecule has 2 N–H and O–H groups in total. The molecule has 1 aliphatic heterocycles. The molecule has 0 spiro atoms. The number of fused-ring (bicyclic) bond motifs is 1. The number of anilines is 2. The number of aryl methyl sites for hydroxylation is 1. The van der Waals surface area contributed by atoms with Crippen LogP contribution in [0.2, 0.25) is 0 Å². The lowest BCUT2D eigenvalue weighted by molar-refractivity contribution is -0.131. The smallest absolute Gasteiger partial charge is 0.240 e. The molecule has 256 valence electrons. The maximum absolute atomic E-state index is 15.3. The number of amides is 2. The van der Waals surface area contributed by atoms with Gasteiger partial charge in [-0.2, -0.15) is 0 Å². The number of methoxy groups -OCH3 is 1. The first-order valence-corrected chi connectivity index (χ1v) is 16.5. The van der Waals surface area contributed by atoms with Crippen molar-refractivity contribution in [2.75, 3.05) is 57.1 Å². The van der Waals surface area contributed by atoms with Crippen molar-refractivity contribution in [3.63, 3.8) is 0 Å². The third kappa shape index (κ3) is 7.78. The van der Waals surface area contributed by atoms with Crippen LogP contribution in [0, 0.1) is 18.2 Å². The third-order valence-corrected chi connectivity index (χ3v) is 9.11. The number of piperazine rings is 1. The second kappa shape index (κ2) is 14.5. The van der Waals surface area contributed by atoms with E-state index in [4.69, 9.17) is 14.2 Å². The van der Waals surface area contributed by atoms with Gasteiger partial charge in [-0.15, -0.1) is 0 Å². The van der Waals surface area contributed by atoms with E-state index in [2.05, 4.69) is 32.0 Å². The SMILES string of the molecule is C=C(C)N1CCN(CCCOc2cc3nccc(Oc4ccc(NC(=O)C5(C(=O)Nc6ccc(C)cc6)CC5)cc4F)c3cc2OC)CC1.